The molecule has 0 saturated heterocycles. The summed E-state index contributed by atoms with van der Waals surface area (Å²) in [4.78, 5) is 19.2. The van der Waals surface area contributed by atoms with Crippen LogP contribution in [-0.4, -0.2) is 19.9 Å². The second-order valence-electron chi connectivity index (χ2n) is 12.7. The molecular formula is C48H32N4. The summed E-state index contributed by atoms with van der Waals surface area (Å²) in [6, 6.07) is 63.3. The summed E-state index contributed by atoms with van der Waals surface area (Å²) < 4.78 is 0. The third-order valence-corrected chi connectivity index (χ3v) is 9.46. The Hall–Kier alpha value is -7.04. The Morgan fingerprint density at radius 2 is 0.692 bits per heavy atom. The first-order chi connectivity index (χ1) is 25.8. The molecule has 4 nitrogen and oxygen atoms in total. The van der Waals surface area contributed by atoms with Crippen LogP contribution in [0.1, 0.15) is 0 Å². The van der Waals surface area contributed by atoms with Crippen LogP contribution in [0.15, 0.2) is 194 Å². The third-order valence-electron chi connectivity index (χ3n) is 9.46. The molecule has 0 bridgehead atoms. The number of fused-ring (bicyclic) bond motifs is 1. The van der Waals surface area contributed by atoms with Crippen LogP contribution in [-0.2, 0) is 0 Å². The number of hydrogen-bond donors (Lipinski definition) is 0. The monoisotopic (exact) mass is 664 g/mol. The number of hydrogen-bond acceptors (Lipinski definition) is 4. The van der Waals surface area contributed by atoms with E-state index in [1.54, 1.807) is 6.20 Å². The van der Waals surface area contributed by atoms with Crippen LogP contribution in [0.3, 0.4) is 0 Å². The molecule has 7 aromatic carbocycles. The average Bonchev–Trinajstić information content (AvgIpc) is 3.24. The molecule has 0 fully saturated rings. The molecule has 4 heteroatoms. The largest absolute Gasteiger partial charge is 0.264 e. The highest BCUT2D eigenvalue weighted by atomic mass is 15.0. The molecule has 2 aromatic heterocycles. The van der Waals surface area contributed by atoms with Crippen LogP contribution in [0.4, 0.5) is 0 Å². The summed E-state index contributed by atoms with van der Waals surface area (Å²) in [7, 11) is 0. The molecule has 0 atom stereocenters. The van der Waals surface area contributed by atoms with Gasteiger partial charge in [0.05, 0.1) is 0 Å². The van der Waals surface area contributed by atoms with Gasteiger partial charge in [-0.05, 0) is 67.4 Å². The maximum atomic E-state index is 5.03. The lowest BCUT2D eigenvalue weighted by atomic mass is 9.91. The molecule has 9 aromatic rings. The normalized spacial score (nSPS) is 11.1. The van der Waals surface area contributed by atoms with Gasteiger partial charge >= 0.3 is 0 Å². The maximum absolute atomic E-state index is 5.03. The van der Waals surface area contributed by atoms with E-state index in [1.165, 1.54) is 27.5 Å². The Bertz CT molecular complexity index is 2640. The van der Waals surface area contributed by atoms with Gasteiger partial charge in [0.15, 0.2) is 17.5 Å². The molecule has 52 heavy (non-hydrogen) atoms. The number of pyridine rings is 1. The van der Waals surface area contributed by atoms with Gasteiger partial charge in [0.2, 0.25) is 0 Å². The van der Waals surface area contributed by atoms with Gasteiger partial charge < -0.3 is 0 Å². The molecule has 0 saturated carbocycles. The zero-order valence-corrected chi connectivity index (χ0v) is 28.3. The molecule has 0 aliphatic rings. The van der Waals surface area contributed by atoms with Gasteiger partial charge in [-0.15, -0.1) is 0 Å². The van der Waals surface area contributed by atoms with Gasteiger partial charge in [0, 0.05) is 29.1 Å². The molecule has 0 aliphatic carbocycles. The van der Waals surface area contributed by atoms with Crippen molar-refractivity contribution in [2.45, 2.75) is 0 Å². The maximum Gasteiger partial charge on any atom is 0.164 e. The van der Waals surface area contributed by atoms with Gasteiger partial charge in [-0.1, -0.05) is 170 Å². The van der Waals surface area contributed by atoms with E-state index in [-0.39, 0.29) is 0 Å². The van der Waals surface area contributed by atoms with Crippen molar-refractivity contribution < 1.29 is 0 Å². The first-order valence-corrected chi connectivity index (χ1v) is 17.4. The van der Waals surface area contributed by atoms with E-state index in [1.807, 2.05) is 48.7 Å². The first kappa shape index (κ1) is 31.0. The van der Waals surface area contributed by atoms with Crippen molar-refractivity contribution in [2.75, 3.05) is 0 Å². The molecular weight excluding hydrogens is 633 g/mol. The van der Waals surface area contributed by atoms with E-state index in [2.05, 4.69) is 145 Å². The minimum absolute atomic E-state index is 0.635. The molecule has 0 spiro atoms. The second-order valence-corrected chi connectivity index (χ2v) is 12.7. The van der Waals surface area contributed by atoms with Crippen molar-refractivity contribution in [2.24, 2.45) is 0 Å². The van der Waals surface area contributed by atoms with Crippen LogP contribution in [0.25, 0.3) is 89.4 Å². The second kappa shape index (κ2) is 13.7. The van der Waals surface area contributed by atoms with Crippen LogP contribution in [0, 0.1) is 0 Å². The minimum atomic E-state index is 0.635. The van der Waals surface area contributed by atoms with Gasteiger partial charge in [0.25, 0.3) is 0 Å². The Morgan fingerprint density at radius 1 is 0.269 bits per heavy atom. The smallest absolute Gasteiger partial charge is 0.164 e. The molecule has 9 rings (SSSR count). The topological polar surface area (TPSA) is 51.6 Å². The predicted molar refractivity (Wildman–Crippen MR) is 213 cm³/mol. The van der Waals surface area contributed by atoms with E-state index < -0.39 is 0 Å². The van der Waals surface area contributed by atoms with Gasteiger partial charge in [-0.2, -0.15) is 0 Å². The Balaban J connectivity index is 1.08. The third kappa shape index (κ3) is 6.14. The summed E-state index contributed by atoms with van der Waals surface area (Å²) in [5.74, 6) is 1.92. The molecule has 0 aliphatic heterocycles. The Kier molecular flexibility index (Phi) is 8.16. The highest BCUT2D eigenvalue weighted by Crippen LogP contribution is 2.37. The summed E-state index contributed by atoms with van der Waals surface area (Å²) in [6.45, 7) is 0. The molecule has 0 radical (unpaired) electrons. The highest BCUT2D eigenvalue weighted by Gasteiger charge is 2.15. The molecule has 0 amide bonds. The fourth-order valence-corrected chi connectivity index (χ4v) is 6.80. The van der Waals surface area contributed by atoms with E-state index in [0.29, 0.717) is 17.5 Å². The molecule has 244 valence electrons. The van der Waals surface area contributed by atoms with Crippen molar-refractivity contribution in [3.05, 3.63) is 194 Å². The standard InChI is InChI=1S/C48H32N4/c1-3-11-33(12-4-1)39-15-9-16-40(31-39)48-51-46(37-13-5-2-6-14-37)50-47(52-48)38-26-24-36(25-27-38)43-29-28-42(44-18-7-8-19-45(43)44)35-22-20-34(21-23-35)41-17-10-30-49-32-41/h1-32H. The number of benzene rings is 7. The lowest BCUT2D eigenvalue weighted by molar-refractivity contribution is 1.07. The molecule has 0 unspecified atom stereocenters. The number of rotatable bonds is 7. The Labute approximate surface area is 302 Å². The van der Waals surface area contributed by atoms with Crippen LogP contribution < -0.4 is 0 Å². The van der Waals surface area contributed by atoms with E-state index in [9.17, 15) is 0 Å². The van der Waals surface area contributed by atoms with Gasteiger partial charge in [0.1, 0.15) is 0 Å². The van der Waals surface area contributed by atoms with Gasteiger partial charge in [-0.3, -0.25) is 4.98 Å². The van der Waals surface area contributed by atoms with Gasteiger partial charge in [-0.25, -0.2) is 15.0 Å². The Morgan fingerprint density at radius 3 is 1.27 bits per heavy atom. The van der Waals surface area contributed by atoms with Crippen molar-refractivity contribution >= 4 is 10.8 Å². The fraction of sp³-hybridized carbons (Fsp3) is 0. The van der Waals surface area contributed by atoms with E-state index >= 15 is 0 Å². The van der Waals surface area contributed by atoms with Crippen molar-refractivity contribution in [3.8, 4) is 78.7 Å². The van der Waals surface area contributed by atoms with Crippen LogP contribution >= 0.6 is 0 Å². The van der Waals surface area contributed by atoms with E-state index in [4.69, 9.17) is 15.0 Å². The summed E-state index contributed by atoms with van der Waals surface area (Å²) in [5.41, 5.74) is 12.0. The average molecular weight is 665 g/mol. The van der Waals surface area contributed by atoms with Crippen molar-refractivity contribution in [1.29, 1.82) is 0 Å². The molecule has 0 N–H and O–H groups in total. The van der Waals surface area contributed by atoms with Crippen molar-refractivity contribution in [3.63, 3.8) is 0 Å². The lowest BCUT2D eigenvalue weighted by Crippen LogP contribution is -2.00. The zero-order valence-electron chi connectivity index (χ0n) is 28.3. The minimum Gasteiger partial charge on any atom is -0.264 e. The first-order valence-electron chi connectivity index (χ1n) is 17.4. The zero-order chi connectivity index (χ0) is 34.7. The van der Waals surface area contributed by atoms with E-state index in [0.717, 1.165) is 44.5 Å². The lowest BCUT2D eigenvalue weighted by Gasteiger charge is -2.13. The van der Waals surface area contributed by atoms with Crippen LogP contribution in [0.2, 0.25) is 0 Å². The fourth-order valence-electron chi connectivity index (χ4n) is 6.80. The van der Waals surface area contributed by atoms with Crippen molar-refractivity contribution in [1.82, 2.24) is 19.9 Å². The predicted octanol–water partition coefficient (Wildman–Crippen LogP) is 12.1. The summed E-state index contributed by atoms with van der Waals surface area (Å²) >= 11 is 0. The SMILES string of the molecule is c1ccc(-c2cccc(-c3nc(-c4ccccc4)nc(-c4ccc(-c5ccc(-c6ccc(-c7cccnc7)cc6)c6ccccc56)cc4)n3)c2)cc1. The molecule has 2 heterocycles. The highest BCUT2D eigenvalue weighted by molar-refractivity contribution is 6.05. The number of aromatic nitrogens is 4. The van der Waals surface area contributed by atoms with Crippen LogP contribution in [0.5, 0.6) is 0 Å². The number of nitrogens with zero attached hydrogens (tertiary/aromatic N) is 4. The quantitative estimate of drug-likeness (QED) is 0.170. The summed E-state index contributed by atoms with van der Waals surface area (Å²) in [6.07, 6.45) is 3.70. The summed E-state index contributed by atoms with van der Waals surface area (Å²) in [5, 5.41) is 2.42.